The maximum Gasteiger partial charge on any atom is 0.178 e. The van der Waals surface area contributed by atoms with E-state index >= 15 is 0 Å². The Kier molecular flexibility index (Phi) is 7.65. The average molecular weight is 472 g/mol. The molecule has 0 amide bonds. The van der Waals surface area contributed by atoms with Gasteiger partial charge in [-0.3, -0.25) is 0 Å². The van der Waals surface area contributed by atoms with E-state index in [2.05, 4.69) is 58.5 Å². The third-order valence-electron chi connectivity index (χ3n) is 5.85. The van der Waals surface area contributed by atoms with Gasteiger partial charge in [0.25, 0.3) is 0 Å². The lowest BCUT2D eigenvalue weighted by atomic mass is 10.0. The Bertz CT molecular complexity index is 1320. The molecule has 0 bridgehead atoms. The first-order valence-electron chi connectivity index (χ1n) is 12.0. The van der Waals surface area contributed by atoms with Gasteiger partial charge in [0.1, 0.15) is 23.7 Å². The topological polar surface area (TPSA) is 73.6 Å². The Hall–Kier alpha value is -3.87. The second-order valence-corrected chi connectivity index (χ2v) is 8.72. The molecule has 1 aromatic carbocycles. The molecule has 182 valence electrons. The smallest absolute Gasteiger partial charge is 0.178 e. The van der Waals surface area contributed by atoms with Gasteiger partial charge in [0.2, 0.25) is 0 Å². The van der Waals surface area contributed by atoms with Crippen molar-refractivity contribution in [2.45, 2.75) is 40.0 Å². The maximum absolute atomic E-state index is 5.56. The number of hydrogen-bond acceptors (Lipinski definition) is 6. The molecule has 1 saturated carbocycles. The van der Waals surface area contributed by atoms with E-state index < -0.39 is 0 Å². The van der Waals surface area contributed by atoms with Crippen LogP contribution in [0.4, 0.5) is 11.5 Å². The van der Waals surface area contributed by atoms with Crippen LogP contribution in [0.3, 0.4) is 0 Å². The number of aromatic nitrogens is 4. The summed E-state index contributed by atoms with van der Waals surface area (Å²) >= 11 is 0. The largest absolute Gasteiger partial charge is 0.496 e. The third-order valence-corrected chi connectivity index (χ3v) is 5.85. The number of anilines is 2. The van der Waals surface area contributed by atoms with Crippen LogP contribution in [-0.2, 0) is 4.74 Å². The Balaban J connectivity index is 0.000000656. The standard InChI is InChI=1S/C24H25N5O2.C4H8/c1-5-7-22(31-4)18-9-6-8-17(12-18)19-13-20(24-25-15-26-29(24)14-19)28-23-11-10-21(30-3)16(2)27-23;1-4-2-3-4/h6-15H,5H2,1-4H3,(H,27,28);4H,2-3H2,1H3. The number of fused-ring (bicyclic) bond motifs is 1. The van der Waals surface area contributed by atoms with Crippen molar-refractivity contribution in [1.29, 1.82) is 0 Å². The molecule has 1 aliphatic carbocycles. The van der Waals surface area contributed by atoms with Crippen LogP contribution in [0.25, 0.3) is 22.5 Å². The minimum absolute atomic E-state index is 0.710. The van der Waals surface area contributed by atoms with E-state index in [4.69, 9.17) is 9.47 Å². The lowest BCUT2D eigenvalue weighted by Gasteiger charge is -2.12. The van der Waals surface area contributed by atoms with Crippen LogP contribution in [0, 0.1) is 12.8 Å². The number of allylic oxidation sites excluding steroid dienone is 1. The summed E-state index contributed by atoms with van der Waals surface area (Å²) in [4.78, 5) is 8.98. The predicted octanol–water partition coefficient (Wildman–Crippen LogP) is 6.67. The number of pyridine rings is 2. The summed E-state index contributed by atoms with van der Waals surface area (Å²) < 4.78 is 12.6. The van der Waals surface area contributed by atoms with Gasteiger partial charge in [0.05, 0.1) is 25.6 Å². The summed E-state index contributed by atoms with van der Waals surface area (Å²) in [6.07, 6.45) is 9.46. The minimum Gasteiger partial charge on any atom is -0.496 e. The maximum atomic E-state index is 5.56. The van der Waals surface area contributed by atoms with Gasteiger partial charge in [0.15, 0.2) is 5.65 Å². The normalized spacial score (nSPS) is 13.2. The number of aryl methyl sites for hydroxylation is 1. The van der Waals surface area contributed by atoms with E-state index in [1.807, 2.05) is 37.4 Å². The molecule has 7 heteroatoms. The Morgan fingerprint density at radius 2 is 1.94 bits per heavy atom. The van der Waals surface area contributed by atoms with Crippen molar-refractivity contribution in [2.24, 2.45) is 5.92 Å². The fraction of sp³-hybridized carbons (Fsp3) is 0.321. The fourth-order valence-electron chi connectivity index (χ4n) is 3.67. The van der Waals surface area contributed by atoms with Crippen molar-refractivity contribution >= 4 is 22.9 Å². The number of methoxy groups -OCH3 is 2. The molecule has 3 heterocycles. The van der Waals surface area contributed by atoms with Crippen LogP contribution in [0.15, 0.2) is 61.1 Å². The first-order chi connectivity index (χ1) is 17.0. The van der Waals surface area contributed by atoms with Gasteiger partial charge in [-0.05, 0) is 55.2 Å². The molecule has 3 aromatic heterocycles. The summed E-state index contributed by atoms with van der Waals surface area (Å²) in [5, 5.41) is 7.72. The number of benzene rings is 1. The molecule has 1 aliphatic rings. The molecule has 0 aliphatic heterocycles. The molecule has 5 rings (SSSR count). The van der Waals surface area contributed by atoms with E-state index in [9.17, 15) is 0 Å². The third kappa shape index (κ3) is 5.98. The second kappa shape index (κ2) is 11.0. The SMILES string of the molecule is CC1CC1.CCC=C(OC)c1cccc(-c2cc(Nc3ccc(OC)c(C)n3)c3ncnn3c2)c1. The molecule has 7 nitrogen and oxygen atoms in total. The highest BCUT2D eigenvalue weighted by atomic mass is 16.5. The van der Waals surface area contributed by atoms with Crippen molar-refractivity contribution in [1.82, 2.24) is 19.6 Å². The van der Waals surface area contributed by atoms with E-state index in [-0.39, 0.29) is 0 Å². The number of hydrogen-bond donors (Lipinski definition) is 1. The van der Waals surface area contributed by atoms with Gasteiger partial charge in [0, 0.05) is 17.3 Å². The Morgan fingerprint density at radius 3 is 2.60 bits per heavy atom. The lowest BCUT2D eigenvalue weighted by molar-refractivity contribution is 0.369. The summed E-state index contributed by atoms with van der Waals surface area (Å²) in [7, 11) is 3.33. The molecular weight excluding hydrogens is 438 g/mol. The lowest BCUT2D eigenvalue weighted by Crippen LogP contribution is -2.00. The van der Waals surface area contributed by atoms with Crippen LogP contribution in [0.2, 0.25) is 0 Å². The van der Waals surface area contributed by atoms with Gasteiger partial charge in [-0.15, -0.1) is 0 Å². The minimum atomic E-state index is 0.710. The van der Waals surface area contributed by atoms with Crippen molar-refractivity contribution < 1.29 is 9.47 Å². The summed E-state index contributed by atoms with van der Waals surface area (Å²) in [6.45, 7) is 6.28. The number of ether oxygens (including phenoxy) is 2. The Morgan fingerprint density at radius 1 is 1.14 bits per heavy atom. The van der Waals surface area contributed by atoms with Crippen LogP contribution in [-0.4, -0.2) is 33.8 Å². The molecule has 4 aromatic rings. The van der Waals surface area contributed by atoms with Crippen molar-refractivity contribution in [3.8, 4) is 16.9 Å². The van der Waals surface area contributed by atoms with Gasteiger partial charge in [-0.2, -0.15) is 5.10 Å². The van der Waals surface area contributed by atoms with Gasteiger partial charge in [-0.1, -0.05) is 44.9 Å². The second-order valence-electron chi connectivity index (χ2n) is 8.72. The zero-order chi connectivity index (χ0) is 24.8. The molecule has 35 heavy (non-hydrogen) atoms. The molecule has 0 spiro atoms. The van der Waals surface area contributed by atoms with Gasteiger partial charge in [-0.25, -0.2) is 14.5 Å². The number of nitrogens with one attached hydrogen (secondary N) is 1. The summed E-state index contributed by atoms with van der Waals surface area (Å²) in [5.74, 6) is 3.40. The van der Waals surface area contributed by atoms with Crippen LogP contribution < -0.4 is 10.1 Å². The Labute approximate surface area is 206 Å². The van der Waals surface area contributed by atoms with Crippen molar-refractivity contribution in [3.63, 3.8) is 0 Å². The van der Waals surface area contributed by atoms with Crippen LogP contribution in [0.5, 0.6) is 5.75 Å². The quantitative estimate of drug-likeness (QED) is 0.304. The molecule has 1 fully saturated rings. The summed E-state index contributed by atoms with van der Waals surface area (Å²) in [6, 6.07) is 14.1. The molecule has 0 atom stereocenters. The van der Waals surface area contributed by atoms with E-state index in [1.54, 1.807) is 25.1 Å². The highest BCUT2D eigenvalue weighted by molar-refractivity contribution is 5.80. The monoisotopic (exact) mass is 471 g/mol. The zero-order valence-corrected chi connectivity index (χ0v) is 21.1. The molecule has 1 N–H and O–H groups in total. The van der Waals surface area contributed by atoms with E-state index in [0.29, 0.717) is 5.82 Å². The first-order valence-corrected chi connectivity index (χ1v) is 12.0. The first kappa shape index (κ1) is 24.3. The van der Waals surface area contributed by atoms with Crippen LogP contribution in [0.1, 0.15) is 44.4 Å². The number of nitrogens with zero attached hydrogens (tertiary/aromatic N) is 4. The van der Waals surface area contributed by atoms with Crippen molar-refractivity contribution in [3.05, 3.63) is 72.3 Å². The van der Waals surface area contributed by atoms with Crippen molar-refractivity contribution in [2.75, 3.05) is 19.5 Å². The average Bonchev–Trinajstić information content (AvgIpc) is 3.50. The van der Waals surface area contributed by atoms with Gasteiger partial charge < -0.3 is 14.8 Å². The highest BCUT2D eigenvalue weighted by Crippen LogP contribution is 2.30. The number of rotatable bonds is 7. The molecule has 0 unspecified atom stereocenters. The zero-order valence-electron chi connectivity index (χ0n) is 21.1. The van der Waals surface area contributed by atoms with Crippen LogP contribution >= 0.6 is 0 Å². The summed E-state index contributed by atoms with van der Waals surface area (Å²) in [5.41, 5.74) is 5.42. The van der Waals surface area contributed by atoms with E-state index in [1.165, 1.54) is 12.8 Å². The van der Waals surface area contributed by atoms with E-state index in [0.717, 1.165) is 57.6 Å². The molecule has 0 saturated heterocycles. The molecular formula is C28H33N5O2. The van der Waals surface area contributed by atoms with Gasteiger partial charge >= 0.3 is 0 Å². The molecule has 0 radical (unpaired) electrons. The predicted molar refractivity (Wildman–Crippen MR) is 141 cm³/mol. The fourth-order valence-corrected chi connectivity index (χ4v) is 3.67. The highest BCUT2D eigenvalue weighted by Gasteiger charge is 2.13.